The van der Waals surface area contributed by atoms with Gasteiger partial charge in [-0.25, -0.2) is 0 Å². The van der Waals surface area contributed by atoms with E-state index in [0.29, 0.717) is 38.0 Å². The monoisotopic (exact) mass is 402 g/mol. The third kappa shape index (κ3) is 5.76. The van der Waals surface area contributed by atoms with Crippen LogP contribution in [0.3, 0.4) is 0 Å². The molecule has 1 aliphatic carbocycles. The van der Waals surface area contributed by atoms with Crippen LogP contribution < -0.4 is 14.8 Å². The molecule has 0 saturated heterocycles. The van der Waals surface area contributed by atoms with E-state index in [0.717, 1.165) is 35.3 Å². The number of carbonyl (C=O) groups excluding carboxylic acids is 1. The number of benzene rings is 1. The maximum absolute atomic E-state index is 12.1. The van der Waals surface area contributed by atoms with Gasteiger partial charge in [-0.05, 0) is 44.0 Å². The van der Waals surface area contributed by atoms with E-state index in [-0.39, 0.29) is 5.91 Å². The minimum atomic E-state index is -0.0542. The summed E-state index contributed by atoms with van der Waals surface area (Å²) in [6.45, 7) is 7.89. The van der Waals surface area contributed by atoms with Crippen LogP contribution >= 0.6 is 11.8 Å². The summed E-state index contributed by atoms with van der Waals surface area (Å²) in [5, 5.41) is 12.2. The van der Waals surface area contributed by atoms with E-state index in [2.05, 4.69) is 26.7 Å². The quantitative estimate of drug-likeness (QED) is 0.334. The molecule has 2 aromatic rings. The molecule has 28 heavy (non-hydrogen) atoms. The smallest absolute Gasteiger partial charge is 0.230 e. The highest BCUT2D eigenvalue weighted by molar-refractivity contribution is 7.99. The fourth-order valence-electron chi connectivity index (χ4n) is 2.69. The summed E-state index contributed by atoms with van der Waals surface area (Å²) in [4.78, 5) is 12.1. The van der Waals surface area contributed by atoms with E-state index >= 15 is 0 Å². The van der Waals surface area contributed by atoms with Gasteiger partial charge in [0.25, 0.3) is 0 Å². The Bertz CT molecular complexity index is 787. The van der Waals surface area contributed by atoms with E-state index in [1.165, 1.54) is 11.8 Å². The van der Waals surface area contributed by atoms with Crippen molar-refractivity contribution in [1.82, 2.24) is 20.1 Å². The van der Waals surface area contributed by atoms with Crippen LogP contribution in [0.15, 0.2) is 42.1 Å². The van der Waals surface area contributed by atoms with Gasteiger partial charge < -0.3 is 19.4 Å². The number of allylic oxidation sites excluding steroid dienone is 1. The molecule has 1 amide bonds. The van der Waals surface area contributed by atoms with Crippen LogP contribution in [0.5, 0.6) is 11.5 Å². The first kappa shape index (κ1) is 20.3. The number of hydrogen-bond acceptors (Lipinski definition) is 6. The zero-order valence-electron chi connectivity index (χ0n) is 16.1. The third-order valence-electron chi connectivity index (χ3n) is 4.16. The number of amides is 1. The van der Waals surface area contributed by atoms with Gasteiger partial charge in [-0.1, -0.05) is 17.8 Å². The number of ether oxygens (including phenoxy) is 2. The molecular formula is C20H26N4O3S. The predicted molar refractivity (Wildman–Crippen MR) is 109 cm³/mol. The molecule has 0 bridgehead atoms. The largest absolute Gasteiger partial charge is 0.494 e. The lowest BCUT2D eigenvalue weighted by Gasteiger charge is -2.09. The van der Waals surface area contributed by atoms with Crippen molar-refractivity contribution >= 4 is 17.7 Å². The Kier molecular flexibility index (Phi) is 7.36. The van der Waals surface area contributed by atoms with Crippen LogP contribution in [0, 0.1) is 0 Å². The Labute approximate surface area is 169 Å². The molecule has 1 aliphatic rings. The normalized spacial score (nSPS) is 13.2. The van der Waals surface area contributed by atoms with Crippen LogP contribution in [-0.2, 0) is 11.3 Å². The Morgan fingerprint density at radius 3 is 2.64 bits per heavy atom. The van der Waals surface area contributed by atoms with Crippen molar-refractivity contribution in [3.63, 3.8) is 0 Å². The summed E-state index contributed by atoms with van der Waals surface area (Å²) in [5.74, 6) is 3.32. The van der Waals surface area contributed by atoms with Crippen LogP contribution in [0.2, 0.25) is 0 Å². The summed E-state index contributed by atoms with van der Waals surface area (Å²) >= 11 is 1.40. The standard InChI is InChI=1S/C20H26N4O3S/c1-3-12-24-19(15-5-6-15)22-23-20(24)28-14-18(25)21-11-13-27-17-9-7-16(8-10-17)26-4-2/h3,7-10,15H,1,4-6,11-14H2,2H3,(H,21,25). The molecule has 150 valence electrons. The highest BCUT2D eigenvalue weighted by Crippen LogP contribution is 2.40. The van der Waals surface area contributed by atoms with Crippen molar-refractivity contribution in [2.24, 2.45) is 0 Å². The number of carbonyl (C=O) groups is 1. The molecule has 0 unspecified atom stereocenters. The minimum Gasteiger partial charge on any atom is -0.494 e. The Balaban J connectivity index is 1.37. The van der Waals surface area contributed by atoms with Crippen LogP contribution in [0.25, 0.3) is 0 Å². The molecule has 1 heterocycles. The molecule has 3 rings (SSSR count). The van der Waals surface area contributed by atoms with E-state index < -0.39 is 0 Å². The highest BCUT2D eigenvalue weighted by atomic mass is 32.2. The maximum Gasteiger partial charge on any atom is 0.230 e. The van der Waals surface area contributed by atoms with Crippen molar-refractivity contribution in [1.29, 1.82) is 0 Å². The lowest BCUT2D eigenvalue weighted by Crippen LogP contribution is -2.29. The molecule has 1 aromatic carbocycles. The van der Waals surface area contributed by atoms with E-state index in [9.17, 15) is 4.79 Å². The fraction of sp³-hybridized carbons (Fsp3) is 0.450. The first-order valence-electron chi connectivity index (χ1n) is 9.50. The van der Waals surface area contributed by atoms with Crippen molar-refractivity contribution in [3.8, 4) is 11.5 Å². The number of nitrogens with zero attached hydrogens (tertiary/aromatic N) is 3. The Morgan fingerprint density at radius 1 is 1.29 bits per heavy atom. The van der Waals surface area contributed by atoms with Gasteiger partial charge in [0.05, 0.1) is 18.9 Å². The zero-order chi connectivity index (χ0) is 19.8. The molecule has 7 nitrogen and oxygen atoms in total. The van der Waals surface area contributed by atoms with Gasteiger partial charge in [0.1, 0.15) is 23.9 Å². The van der Waals surface area contributed by atoms with Crippen molar-refractivity contribution in [2.75, 3.05) is 25.5 Å². The Hall–Kier alpha value is -2.48. The second-order valence-electron chi connectivity index (χ2n) is 6.41. The summed E-state index contributed by atoms with van der Waals surface area (Å²) < 4.78 is 13.1. The second-order valence-corrected chi connectivity index (χ2v) is 7.35. The minimum absolute atomic E-state index is 0.0542. The molecule has 0 aliphatic heterocycles. The molecule has 0 radical (unpaired) electrons. The van der Waals surface area contributed by atoms with Gasteiger partial charge in [0.2, 0.25) is 5.91 Å². The summed E-state index contributed by atoms with van der Waals surface area (Å²) in [6, 6.07) is 7.44. The van der Waals surface area contributed by atoms with Gasteiger partial charge in [-0.3, -0.25) is 4.79 Å². The van der Waals surface area contributed by atoms with Crippen molar-refractivity contribution < 1.29 is 14.3 Å². The molecule has 1 aromatic heterocycles. The first-order valence-corrected chi connectivity index (χ1v) is 10.5. The van der Waals surface area contributed by atoms with Gasteiger partial charge >= 0.3 is 0 Å². The fourth-order valence-corrected chi connectivity index (χ4v) is 3.47. The van der Waals surface area contributed by atoms with Gasteiger partial charge in [-0.15, -0.1) is 16.8 Å². The van der Waals surface area contributed by atoms with Gasteiger partial charge in [0, 0.05) is 12.5 Å². The third-order valence-corrected chi connectivity index (χ3v) is 5.13. The van der Waals surface area contributed by atoms with Crippen molar-refractivity contribution in [2.45, 2.75) is 37.4 Å². The zero-order valence-corrected chi connectivity index (χ0v) is 16.9. The lowest BCUT2D eigenvalue weighted by atomic mass is 10.3. The SMILES string of the molecule is C=CCn1c(SCC(=O)NCCOc2ccc(OCC)cc2)nnc1C1CC1. The lowest BCUT2D eigenvalue weighted by molar-refractivity contribution is -0.118. The highest BCUT2D eigenvalue weighted by Gasteiger charge is 2.30. The predicted octanol–water partition coefficient (Wildman–Crippen LogP) is 3.03. The van der Waals surface area contributed by atoms with Crippen molar-refractivity contribution in [3.05, 3.63) is 42.7 Å². The topological polar surface area (TPSA) is 78.3 Å². The van der Waals surface area contributed by atoms with Crippen LogP contribution in [-0.4, -0.2) is 46.2 Å². The molecule has 1 N–H and O–H groups in total. The molecular weight excluding hydrogens is 376 g/mol. The molecule has 1 fully saturated rings. The average Bonchev–Trinajstić information content (AvgIpc) is 3.47. The Morgan fingerprint density at radius 2 is 2.00 bits per heavy atom. The molecule has 1 saturated carbocycles. The number of hydrogen-bond donors (Lipinski definition) is 1. The van der Waals surface area contributed by atoms with Crippen LogP contribution in [0.4, 0.5) is 0 Å². The maximum atomic E-state index is 12.1. The molecule has 8 heteroatoms. The van der Waals surface area contributed by atoms with Gasteiger partial charge in [-0.2, -0.15) is 0 Å². The number of thioether (sulfide) groups is 1. The second kappa shape index (κ2) is 10.2. The molecule has 0 atom stereocenters. The number of aromatic nitrogens is 3. The first-order chi connectivity index (χ1) is 13.7. The average molecular weight is 403 g/mol. The van der Waals surface area contributed by atoms with Crippen LogP contribution in [0.1, 0.15) is 31.5 Å². The summed E-state index contributed by atoms with van der Waals surface area (Å²) in [6.07, 6.45) is 4.15. The molecule has 0 spiro atoms. The van der Waals surface area contributed by atoms with E-state index in [1.54, 1.807) is 0 Å². The van der Waals surface area contributed by atoms with Gasteiger partial charge in [0.15, 0.2) is 5.16 Å². The number of nitrogens with one attached hydrogen (secondary N) is 1. The summed E-state index contributed by atoms with van der Waals surface area (Å²) in [7, 11) is 0. The van der Waals surface area contributed by atoms with E-state index in [4.69, 9.17) is 9.47 Å². The number of rotatable bonds is 12. The summed E-state index contributed by atoms with van der Waals surface area (Å²) in [5.41, 5.74) is 0. The van der Waals surface area contributed by atoms with E-state index in [1.807, 2.05) is 37.3 Å².